The number of rotatable bonds is 5. The van der Waals surface area contributed by atoms with E-state index in [1.807, 2.05) is 19.9 Å². The van der Waals surface area contributed by atoms with E-state index in [2.05, 4.69) is 10.3 Å². The van der Waals surface area contributed by atoms with E-state index in [9.17, 15) is 4.79 Å². The number of carbonyl (C=O) groups is 1. The summed E-state index contributed by atoms with van der Waals surface area (Å²) in [6, 6.07) is 12.0. The molecule has 29 heavy (non-hydrogen) atoms. The van der Waals surface area contributed by atoms with Gasteiger partial charge < -0.3 is 15.8 Å². The van der Waals surface area contributed by atoms with Crippen molar-refractivity contribution in [1.82, 2.24) is 4.98 Å². The molecule has 0 aliphatic carbocycles. The van der Waals surface area contributed by atoms with Crippen LogP contribution in [-0.4, -0.2) is 10.9 Å². The molecule has 1 heterocycles. The minimum absolute atomic E-state index is 0.218. The van der Waals surface area contributed by atoms with Gasteiger partial charge in [0.15, 0.2) is 11.6 Å². The second-order valence-corrected chi connectivity index (χ2v) is 7.65. The Kier molecular flexibility index (Phi) is 6.52. The molecule has 0 aliphatic heterocycles. The molecule has 150 valence electrons. The van der Waals surface area contributed by atoms with Crippen molar-refractivity contribution in [3.8, 4) is 5.75 Å². The smallest absolute Gasteiger partial charge is 0.257 e. The molecule has 3 rings (SSSR count). The predicted molar refractivity (Wildman–Crippen MR) is 118 cm³/mol. The molecule has 8 heteroatoms. The summed E-state index contributed by atoms with van der Waals surface area (Å²) in [7, 11) is 0. The van der Waals surface area contributed by atoms with Gasteiger partial charge in [-0.1, -0.05) is 46.9 Å². The number of amides is 1. The van der Waals surface area contributed by atoms with Crippen LogP contribution < -0.4 is 15.8 Å². The molecule has 2 aromatic carbocycles. The highest BCUT2D eigenvalue weighted by molar-refractivity contribution is 6.35. The molecular weight excluding hydrogens is 433 g/mol. The van der Waals surface area contributed by atoms with E-state index < -0.39 is 6.10 Å². The standard InChI is InChI=1S/C21H18Cl3N3O2/c1-11-4-3-5-15(19(11)24)21(28)27-14-6-7-17(23)16(9-14)12(2)29-18-8-13(22)10-26-20(18)25/h3-10,12H,1-2H3,(H2,25,26)(H,27,28). The summed E-state index contributed by atoms with van der Waals surface area (Å²) in [5, 5.41) is 4.14. The third-order valence-corrected chi connectivity index (χ3v) is 5.33. The third kappa shape index (κ3) is 4.93. The van der Waals surface area contributed by atoms with E-state index >= 15 is 0 Å². The summed E-state index contributed by atoms with van der Waals surface area (Å²) < 4.78 is 5.88. The Morgan fingerprint density at radius 1 is 1.17 bits per heavy atom. The van der Waals surface area contributed by atoms with Gasteiger partial charge in [-0.3, -0.25) is 4.79 Å². The quantitative estimate of drug-likeness (QED) is 0.476. The Morgan fingerprint density at radius 3 is 2.69 bits per heavy atom. The molecule has 0 aliphatic rings. The Morgan fingerprint density at radius 2 is 1.93 bits per heavy atom. The highest BCUT2D eigenvalue weighted by atomic mass is 35.5. The van der Waals surface area contributed by atoms with Crippen LogP contribution in [0.4, 0.5) is 11.5 Å². The number of aromatic nitrogens is 1. The molecule has 0 saturated heterocycles. The van der Waals surface area contributed by atoms with Crippen LogP contribution in [0.25, 0.3) is 0 Å². The first kappa shape index (κ1) is 21.2. The first-order valence-corrected chi connectivity index (χ1v) is 9.83. The Balaban J connectivity index is 1.83. The fourth-order valence-electron chi connectivity index (χ4n) is 2.73. The highest BCUT2D eigenvalue weighted by Crippen LogP contribution is 2.33. The van der Waals surface area contributed by atoms with Gasteiger partial charge in [0.1, 0.15) is 6.10 Å². The lowest BCUT2D eigenvalue weighted by molar-refractivity contribution is 0.102. The highest BCUT2D eigenvalue weighted by Gasteiger charge is 2.17. The van der Waals surface area contributed by atoms with Gasteiger partial charge >= 0.3 is 0 Å². The molecule has 0 bridgehead atoms. The van der Waals surface area contributed by atoms with Crippen molar-refractivity contribution >= 4 is 52.2 Å². The molecule has 1 aromatic heterocycles. The summed E-state index contributed by atoms with van der Waals surface area (Å²) >= 11 is 18.5. The number of aryl methyl sites for hydroxylation is 1. The van der Waals surface area contributed by atoms with Gasteiger partial charge in [0.05, 0.1) is 15.6 Å². The van der Waals surface area contributed by atoms with Crippen molar-refractivity contribution < 1.29 is 9.53 Å². The average molecular weight is 451 g/mol. The summed E-state index contributed by atoms with van der Waals surface area (Å²) in [4.78, 5) is 16.6. The molecule has 0 fully saturated rings. The molecule has 0 radical (unpaired) electrons. The van der Waals surface area contributed by atoms with Crippen molar-refractivity contribution in [1.29, 1.82) is 0 Å². The minimum atomic E-state index is -0.468. The maximum absolute atomic E-state index is 12.6. The van der Waals surface area contributed by atoms with E-state index in [0.29, 0.717) is 37.6 Å². The monoisotopic (exact) mass is 449 g/mol. The zero-order valence-electron chi connectivity index (χ0n) is 15.7. The van der Waals surface area contributed by atoms with Gasteiger partial charge in [0, 0.05) is 28.5 Å². The lowest BCUT2D eigenvalue weighted by Crippen LogP contribution is -2.14. The molecule has 1 atom stereocenters. The van der Waals surface area contributed by atoms with Crippen molar-refractivity contribution in [2.24, 2.45) is 0 Å². The molecule has 0 spiro atoms. The van der Waals surface area contributed by atoms with Crippen molar-refractivity contribution in [3.05, 3.63) is 80.4 Å². The number of hydrogen-bond donors (Lipinski definition) is 2. The summed E-state index contributed by atoms with van der Waals surface area (Å²) in [5.74, 6) is 0.252. The molecule has 3 N–H and O–H groups in total. The van der Waals surface area contributed by atoms with E-state index in [1.54, 1.807) is 36.4 Å². The predicted octanol–water partition coefficient (Wildman–Crippen LogP) is 6.32. The van der Waals surface area contributed by atoms with Crippen molar-refractivity contribution in [3.63, 3.8) is 0 Å². The fraction of sp³-hybridized carbons (Fsp3) is 0.143. The normalized spacial score (nSPS) is 11.8. The number of pyridine rings is 1. The van der Waals surface area contributed by atoms with E-state index in [4.69, 9.17) is 45.3 Å². The maximum Gasteiger partial charge on any atom is 0.257 e. The van der Waals surface area contributed by atoms with E-state index in [-0.39, 0.29) is 11.7 Å². The molecule has 1 unspecified atom stereocenters. The number of nitrogen functional groups attached to an aromatic ring is 1. The summed E-state index contributed by atoms with van der Waals surface area (Å²) in [5.41, 5.74) is 8.28. The van der Waals surface area contributed by atoms with E-state index in [1.165, 1.54) is 6.20 Å². The van der Waals surface area contributed by atoms with Crippen LogP contribution >= 0.6 is 34.8 Å². The first-order valence-electron chi connectivity index (χ1n) is 8.70. The first-order chi connectivity index (χ1) is 13.8. The molecule has 5 nitrogen and oxygen atoms in total. The third-order valence-electron chi connectivity index (χ3n) is 4.28. The van der Waals surface area contributed by atoms with Gasteiger partial charge in [0.25, 0.3) is 5.91 Å². The fourth-order valence-corrected chi connectivity index (χ4v) is 3.36. The van der Waals surface area contributed by atoms with Crippen molar-refractivity contribution in [2.45, 2.75) is 20.0 Å². The van der Waals surface area contributed by atoms with Gasteiger partial charge in [-0.15, -0.1) is 0 Å². The number of benzene rings is 2. The second kappa shape index (κ2) is 8.91. The van der Waals surface area contributed by atoms with Crippen LogP contribution in [0.5, 0.6) is 5.75 Å². The van der Waals surface area contributed by atoms with Crippen LogP contribution in [0.2, 0.25) is 15.1 Å². The molecule has 3 aromatic rings. The topological polar surface area (TPSA) is 77.2 Å². The van der Waals surface area contributed by atoms with Gasteiger partial charge in [-0.05, 0) is 43.7 Å². The Bertz CT molecular complexity index is 1070. The number of anilines is 2. The minimum Gasteiger partial charge on any atom is -0.482 e. The zero-order valence-corrected chi connectivity index (χ0v) is 17.9. The number of nitrogens with zero attached hydrogens (tertiary/aromatic N) is 1. The summed E-state index contributed by atoms with van der Waals surface area (Å²) in [6.45, 7) is 3.65. The van der Waals surface area contributed by atoms with Gasteiger partial charge in [-0.25, -0.2) is 4.98 Å². The number of hydrogen-bond acceptors (Lipinski definition) is 4. The van der Waals surface area contributed by atoms with Crippen molar-refractivity contribution in [2.75, 3.05) is 11.1 Å². The Hall–Kier alpha value is -2.47. The zero-order chi connectivity index (χ0) is 21.1. The van der Waals surface area contributed by atoms with Crippen LogP contribution in [0.1, 0.15) is 34.5 Å². The second-order valence-electron chi connectivity index (χ2n) is 6.42. The number of ether oxygens (including phenoxy) is 1. The number of nitrogens with one attached hydrogen (secondary N) is 1. The van der Waals surface area contributed by atoms with Gasteiger partial charge in [0.2, 0.25) is 0 Å². The number of nitrogens with two attached hydrogens (primary N) is 1. The largest absolute Gasteiger partial charge is 0.482 e. The lowest BCUT2D eigenvalue weighted by atomic mass is 10.1. The lowest BCUT2D eigenvalue weighted by Gasteiger charge is -2.18. The van der Waals surface area contributed by atoms with Crippen LogP contribution in [0.3, 0.4) is 0 Å². The SMILES string of the molecule is Cc1cccc(C(=O)Nc2ccc(Cl)c(C(C)Oc3cc(Cl)cnc3N)c2)c1Cl. The Labute approximate surface area is 183 Å². The van der Waals surface area contributed by atoms with Crippen LogP contribution in [0.15, 0.2) is 48.7 Å². The maximum atomic E-state index is 12.6. The van der Waals surface area contributed by atoms with Crippen LogP contribution in [0, 0.1) is 6.92 Å². The van der Waals surface area contributed by atoms with Crippen LogP contribution in [-0.2, 0) is 0 Å². The molecule has 0 saturated carbocycles. The number of carbonyl (C=O) groups excluding carboxylic acids is 1. The van der Waals surface area contributed by atoms with E-state index in [0.717, 1.165) is 5.56 Å². The van der Waals surface area contributed by atoms with Gasteiger partial charge in [-0.2, -0.15) is 0 Å². The number of halogens is 3. The molecule has 1 amide bonds. The summed E-state index contributed by atoms with van der Waals surface area (Å²) in [6.07, 6.45) is 0.970. The molecular formula is C21H18Cl3N3O2. The average Bonchev–Trinajstić information content (AvgIpc) is 2.68.